The van der Waals surface area contributed by atoms with Crippen LogP contribution in [0.3, 0.4) is 0 Å². The van der Waals surface area contributed by atoms with Gasteiger partial charge in [-0.15, -0.1) is 10.2 Å². The number of hydrogen-bond acceptors (Lipinski definition) is 5. The molecule has 0 aliphatic carbocycles. The van der Waals surface area contributed by atoms with Crippen LogP contribution < -0.4 is 5.32 Å². The largest absolute Gasteiger partial charge is 0.469 e. The number of aryl methyl sites for hydroxylation is 1. The Morgan fingerprint density at radius 1 is 1.35 bits per heavy atom. The van der Waals surface area contributed by atoms with Crippen LogP contribution in [0.2, 0.25) is 0 Å². The first-order valence-electron chi connectivity index (χ1n) is 5.87. The van der Waals surface area contributed by atoms with Gasteiger partial charge in [0.25, 0.3) is 5.89 Å². The minimum atomic E-state index is 0.119. The zero-order chi connectivity index (χ0) is 12.3. The first-order valence-corrected chi connectivity index (χ1v) is 5.87. The van der Waals surface area contributed by atoms with Crippen LogP contribution in [0, 0.1) is 6.92 Å². The predicted molar refractivity (Wildman–Crippen MR) is 63.4 cm³/mol. The quantitative estimate of drug-likeness (QED) is 0.863. The van der Waals surface area contributed by atoms with E-state index in [9.17, 15) is 0 Å². The van der Waals surface area contributed by atoms with Gasteiger partial charge < -0.3 is 14.2 Å². The van der Waals surface area contributed by atoms with Crippen LogP contribution in [-0.2, 0) is 0 Å². The first-order chi connectivity index (χ1) is 8.26. The average molecular weight is 235 g/mol. The number of furan rings is 1. The summed E-state index contributed by atoms with van der Waals surface area (Å²) in [5.41, 5.74) is 0.857. The van der Waals surface area contributed by atoms with Crippen molar-refractivity contribution in [2.24, 2.45) is 0 Å². The van der Waals surface area contributed by atoms with Gasteiger partial charge in [-0.3, -0.25) is 0 Å². The van der Waals surface area contributed by atoms with Gasteiger partial charge in [0, 0.05) is 0 Å². The van der Waals surface area contributed by atoms with Crippen molar-refractivity contribution in [2.45, 2.75) is 33.2 Å². The van der Waals surface area contributed by atoms with Crippen molar-refractivity contribution in [3.63, 3.8) is 0 Å². The molecule has 0 aromatic carbocycles. The highest BCUT2D eigenvalue weighted by Gasteiger charge is 2.18. The first kappa shape index (κ1) is 11.9. The van der Waals surface area contributed by atoms with Crippen molar-refractivity contribution in [1.82, 2.24) is 15.5 Å². The fraction of sp³-hybridized carbons (Fsp3) is 0.500. The van der Waals surface area contributed by atoms with Crippen LogP contribution in [0.15, 0.2) is 21.2 Å². The monoisotopic (exact) mass is 235 g/mol. The molecule has 0 saturated heterocycles. The Hall–Kier alpha value is -1.62. The maximum Gasteiger partial charge on any atom is 0.251 e. The molecule has 0 radical (unpaired) electrons. The van der Waals surface area contributed by atoms with Crippen LogP contribution in [0.4, 0.5) is 0 Å². The maximum atomic E-state index is 5.67. The Morgan fingerprint density at radius 2 is 2.18 bits per heavy atom. The molecule has 2 rings (SSSR count). The van der Waals surface area contributed by atoms with Gasteiger partial charge in [0.15, 0.2) is 0 Å². The lowest BCUT2D eigenvalue weighted by molar-refractivity contribution is 0.401. The molecule has 1 N–H and O–H groups in total. The van der Waals surface area contributed by atoms with Crippen molar-refractivity contribution >= 4 is 0 Å². The molecule has 17 heavy (non-hydrogen) atoms. The molecule has 0 amide bonds. The smallest absolute Gasteiger partial charge is 0.251 e. The normalized spacial score (nSPS) is 12.9. The number of nitrogens with zero attached hydrogens (tertiary/aromatic N) is 2. The summed E-state index contributed by atoms with van der Waals surface area (Å²) in [6.45, 7) is 6.89. The molecular formula is C12H17N3O2. The molecule has 2 aromatic rings. The Morgan fingerprint density at radius 3 is 2.76 bits per heavy atom. The molecule has 0 aliphatic rings. The molecule has 0 saturated carbocycles. The van der Waals surface area contributed by atoms with Crippen LogP contribution >= 0.6 is 0 Å². The van der Waals surface area contributed by atoms with Gasteiger partial charge in [0.05, 0.1) is 17.9 Å². The molecule has 2 heterocycles. The third-order valence-corrected chi connectivity index (χ3v) is 2.69. The topological polar surface area (TPSA) is 64.1 Å². The van der Waals surface area contributed by atoms with E-state index in [-0.39, 0.29) is 6.04 Å². The molecule has 5 heteroatoms. The minimum Gasteiger partial charge on any atom is -0.469 e. The second-order valence-electron chi connectivity index (χ2n) is 3.85. The molecule has 1 unspecified atom stereocenters. The van der Waals surface area contributed by atoms with Gasteiger partial charge in [0.1, 0.15) is 5.76 Å². The third-order valence-electron chi connectivity index (χ3n) is 2.69. The summed E-state index contributed by atoms with van der Waals surface area (Å²) in [6.07, 6.45) is 2.54. The minimum absolute atomic E-state index is 0.119. The van der Waals surface area contributed by atoms with Crippen LogP contribution in [0.1, 0.15) is 38.0 Å². The van der Waals surface area contributed by atoms with Gasteiger partial charge in [0.2, 0.25) is 5.89 Å². The molecule has 2 aromatic heterocycles. The van der Waals surface area contributed by atoms with E-state index in [2.05, 4.69) is 29.4 Å². The Kier molecular flexibility index (Phi) is 3.58. The number of aromatic nitrogens is 2. The molecule has 92 valence electrons. The van der Waals surface area contributed by atoms with Crippen LogP contribution in [-0.4, -0.2) is 16.7 Å². The van der Waals surface area contributed by atoms with Crippen molar-refractivity contribution in [3.8, 4) is 11.5 Å². The van der Waals surface area contributed by atoms with Crippen molar-refractivity contribution in [1.29, 1.82) is 0 Å². The van der Waals surface area contributed by atoms with E-state index in [1.165, 1.54) is 0 Å². The Balaban J connectivity index is 2.24. The molecule has 0 aliphatic heterocycles. The van der Waals surface area contributed by atoms with Crippen molar-refractivity contribution in [2.75, 3.05) is 6.54 Å². The number of hydrogen-bond donors (Lipinski definition) is 1. The summed E-state index contributed by atoms with van der Waals surface area (Å²) in [5.74, 6) is 1.93. The summed E-state index contributed by atoms with van der Waals surface area (Å²) in [6, 6.07) is 1.95. The molecular weight excluding hydrogens is 218 g/mol. The van der Waals surface area contributed by atoms with Gasteiger partial charge in [-0.2, -0.15) is 0 Å². The fourth-order valence-electron chi connectivity index (χ4n) is 1.74. The lowest BCUT2D eigenvalue weighted by Crippen LogP contribution is -2.20. The van der Waals surface area contributed by atoms with Gasteiger partial charge >= 0.3 is 0 Å². The highest BCUT2D eigenvalue weighted by molar-refractivity contribution is 5.54. The van der Waals surface area contributed by atoms with E-state index in [1.807, 2.05) is 13.0 Å². The molecule has 1 atom stereocenters. The van der Waals surface area contributed by atoms with Crippen molar-refractivity contribution in [3.05, 3.63) is 24.0 Å². The van der Waals surface area contributed by atoms with E-state index in [0.29, 0.717) is 11.8 Å². The predicted octanol–water partition coefficient (Wildman–Crippen LogP) is 2.70. The van der Waals surface area contributed by atoms with Gasteiger partial charge in [-0.25, -0.2) is 0 Å². The van der Waals surface area contributed by atoms with E-state index in [0.717, 1.165) is 24.3 Å². The number of nitrogens with one attached hydrogen (secondary N) is 1. The van der Waals surface area contributed by atoms with E-state index in [1.54, 1.807) is 6.26 Å². The summed E-state index contributed by atoms with van der Waals surface area (Å²) < 4.78 is 10.9. The van der Waals surface area contributed by atoms with E-state index < -0.39 is 0 Å². The van der Waals surface area contributed by atoms with Crippen LogP contribution in [0.5, 0.6) is 0 Å². The average Bonchev–Trinajstić information content (AvgIpc) is 2.94. The SMILES string of the molecule is CCNC(CC)c1nnc(-c2ccoc2C)o1. The number of rotatable bonds is 5. The van der Waals surface area contributed by atoms with E-state index in [4.69, 9.17) is 8.83 Å². The zero-order valence-corrected chi connectivity index (χ0v) is 10.4. The lowest BCUT2D eigenvalue weighted by Gasteiger charge is -2.09. The Labute approximate surface area is 100 Å². The summed E-state index contributed by atoms with van der Waals surface area (Å²) >= 11 is 0. The zero-order valence-electron chi connectivity index (χ0n) is 10.4. The molecule has 0 bridgehead atoms. The van der Waals surface area contributed by atoms with Crippen LogP contribution in [0.25, 0.3) is 11.5 Å². The van der Waals surface area contributed by atoms with E-state index >= 15 is 0 Å². The highest BCUT2D eigenvalue weighted by atomic mass is 16.4. The summed E-state index contributed by atoms with van der Waals surface area (Å²) in [5, 5.41) is 11.4. The standard InChI is InChI=1S/C12H17N3O2/c1-4-10(13-5-2)12-15-14-11(17-12)9-6-7-16-8(9)3/h6-7,10,13H,4-5H2,1-3H3. The van der Waals surface area contributed by atoms with Gasteiger partial charge in [-0.1, -0.05) is 13.8 Å². The summed E-state index contributed by atoms with van der Waals surface area (Å²) in [4.78, 5) is 0. The molecule has 5 nitrogen and oxygen atoms in total. The molecule has 0 spiro atoms. The third kappa shape index (κ3) is 2.39. The molecule has 0 fully saturated rings. The second-order valence-corrected chi connectivity index (χ2v) is 3.85. The maximum absolute atomic E-state index is 5.67. The highest BCUT2D eigenvalue weighted by Crippen LogP contribution is 2.25. The second kappa shape index (κ2) is 5.14. The lowest BCUT2D eigenvalue weighted by atomic mass is 10.2. The van der Waals surface area contributed by atoms with Gasteiger partial charge in [-0.05, 0) is 26.0 Å². The summed E-state index contributed by atoms with van der Waals surface area (Å²) in [7, 11) is 0. The fourth-order valence-corrected chi connectivity index (χ4v) is 1.74. The van der Waals surface area contributed by atoms with Crippen molar-refractivity contribution < 1.29 is 8.83 Å². The Bertz CT molecular complexity index is 476.